The molecule has 1 atom stereocenters. The summed E-state index contributed by atoms with van der Waals surface area (Å²) in [7, 11) is 0. The van der Waals surface area contributed by atoms with Gasteiger partial charge < -0.3 is 4.74 Å². The Balaban J connectivity index is 1.37. The minimum atomic E-state index is -0.261. The van der Waals surface area contributed by atoms with Gasteiger partial charge in [-0.2, -0.15) is 11.3 Å². The summed E-state index contributed by atoms with van der Waals surface area (Å²) in [5, 5.41) is 17.0. The lowest BCUT2D eigenvalue weighted by Gasteiger charge is -2.14. The van der Waals surface area contributed by atoms with Gasteiger partial charge in [0.25, 0.3) is 0 Å². The molecular weight excluding hydrogens is 439 g/mol. The molecule has 1 saturated heterocycles. The van der Waals surface area contributed by atoms with E-state index in [1.165, 1.54) is 17.7 Å². The predicted molar refractivity (Wildman–Crippen MR) is 119 cm³/mol. The summed E-state index contributed by atoms with van der Waals surface area (Å²) >= 11 is 4.96. The number of hydrogen-bond donors (Lipinski definition) is 0. The molecule has 1 aliphatic rings. The fourth-order valence-electron chi connectivity index (χ4n) is 3.40. The van der Waals surface area contributed by atoms with Crippen LogP contribution in [0, 0.1) is 5.82 Å². The summed E-state index contributed by atoms with van der Waals surface area (Å²) in [6.45, 7) is 1.49. The summed E-state index contributed by atoms with van der Waals surface area (Å²) < 4.78 is 21.3. The van der Waals surface area contributed by atoms with E-state index in [1.54, 1.807) is 46.6 Å². The lowest BCUT2D eigenvalue weighted by atomic mass is 10.2. The van der Waals surface area contributed by atoms with E-state index in [1.807, 2.05) is 0 Å². The second kappa shape index (κ2) is 8.97. The lowest BCUT2D eigenvalue weighted by Crippen LogP contribution is -2.16. The first-order valence-corrected chi connectivity index (χ1v) is 12.5. The van der Waals surface area contributed by atoms with Crippen LogP contribution in [0.4, 0.5) is 4.39 Å². The van der Waals surface area contributed by atoms with Gasteiger partial charge in [-0.05, 0) is 48.6 Å². The molecule has 0 bridgehead atoms. The number of rotatable bonds is 7. The summed E-state index contributed by atoms with van der Waals surface area (Å²) in [6, 6.07) is 8.48. The van der Waals surface area contributed by atoms with Crippen molar-refractivity contribution in [2.45, 2.75) is 36.4 Å². The molecule has 4 aromatic rings. The molecule has 5 nitrogen and oxygen atoms in total. The first kappa shape index (κ1) is 19.9. The molecule has 154 valence electrons. The van der Waals surface area contributed by atoms with Crippen LogP contribution in [0.3, 0.4) is 0 Å². The van der Waals surface area contributed by atoms with E-state index in [2.05, 4.69) is 37.0 Å². The van der Waals surface area contributed by atoms with Crippen LogP contribution in [0.25, 0.3) is 22.0 Å². The Kier molecular flexibility index (Phi) is 5.94. The fourth-order valence-corrected chi connectivity index (χ4v) is 5.87. The van der Waals surface area contributed by atoms with E-state index in [0.717, 1.165) is 46.7 Å². The molecule has 4 heterocycles. The second-order valence-corrected chi connectivity index (χ2v) is 9.58. The topological polar surface area (TPSA) is 52.8 Å². The molecule has 0 spiro atoms. The molecule has 0 N–H and O–H groups in total. The molecule has 30 heavy (non-hydrogen) atoms. The fraction of sp³-hybridized carbons (Fsp3) is 0.286. The lowest BCUT2D eigenvalue weighted by molar-refractivity contribution is 0.0953. The third-order valence-corrected chi connectivity index (χ3v) is 7.52. The zero-order chi connectivity index (χ0) is 20.3. The van der Waals surface area contributed by atoms with Crippen LogP contribution >= 0.6 is 34.4 Å². The minimum Gasteiger partial charge on any atom is -0.376 e. The van der Waals surface area contributed by atoms with Crippen molar-refractivity contribution in [3.63, 3.8) is 0 Å². The Morgan fingerprint density at radius 3 is 2.80 bits per heavy atom. The SMILES string of the molecule is Fc1ccc(-c2nnc(SCc3csc(-c4ccsc4)n3)n2CC2CCCO2)cc1. The third-order valence-electron chi connectivity index (χ3n) is 4.90. The number of nitrogens with zero attached hydrogens (tertiary/aromatic N) is 4. The van der Waals surface area contributed by atoms with Crippen molar-refractivity contribution in [2.24, 2.45) is 0 Å². The number of thioether (sulfide) groups is 1. The zero-order valence-corrected chi connectivity index (χ0v) is 18.5. The Bertz CT molecular complexity index is 1100. The molecule has 1 unspecified atom stereocenters. The van der Waals surface area contributed by atoms with Gasteiger partial charge in [-0.3, -0.25) is 4.57 Å². The van der Waals surface area contributed by atoms with E-state index in [4.69, 9.17) is 9.72 Å². The standard InChI is InChI=1S/C21H19FN4OS3/c22-16-5-3-14(4-6-16)19-24-25-21(26(19)10-18-2-1-8-27-18)30-13-17-12-29-20(23-17)15-7-9-28-11-15/h3-7,9,11-12,18H,1-2,8,10,13H2. The first-order chi connectivity index (χ1) is 14.8. The molecule has 9 heteroatoms. The smallest absolute Gasteiger partial charge is 0.191 e. The Labute approximate surface area is 186 Å². The number of thiazole rings is 1. The van der Waals surface area contributed by atoms with E-state index in [0.29, 0.717) is 12.3 Å². The van der Waals surface area contributed by atoms with Crippen molar-refractivity contribution in [2.75, 3.05) is 6.61 Å². The van der Waals surface area contributed by atoms with Crippen molar-refractivity contribution < 1.29 is 9.13 Å². The van der Waals surface area contributed by atoms with Gasteiger partial charge in [-0.25, -0.2) is 9.37 Å². The van der Waals surface area contributed by atoms with Gasteiger partial charge in [0.1, 0.15) is 10.8 Å². The van der Waals surface area contributed by atoms with E-state index in [9.17, 15) is 4.39 Å². The Hall–Kier alpha value is -2.07. The highest BCUT2D eigenvalue weighted by molar-refractivity contribution is 7.98. The van der Waals surface area contributed by atoms with Crippen LogP contribution in [-0.2, 0) is 17.0 Å². The molecule has 3 aromatic heterocycles. The number of hydrogen-bond acceptors (Lipinski definition) is 7. The van der Waals surface area contributed by atoms with E-state index < -0.39 is 0 Å². The number of thiophene rings is 1. The summed E-state index contributed by atoms with van der Waals surface area (Å²) in [4.78, 5) is 4.76. The molecule has 5 rings (SSSR count). The average Bonchev–Trinajstić information content (AvgIpc) is 3.55. The maximum Gasteiger partial charge on any atom is 0.191 e. The second-order valence-electron chi connectivity index (χ2n) is 7.00. The van der Waals surface area contributed by atoms with Gasteiger partial charge in [0, 0.05) is 34.2 Å². The van der Waals surface area contributed by atoms with Crippen molar-refractivity contribution in [1.82, 2.24) is 19.7 Å². The third kappa shape index (κ3) is 4.34. The average molecular weight is 459 g/mol. The Morgan fingerprint density at radius 2 is 2.03 bits per heavy atom. The van der Waals surface area contributed by atoms with E-state index >= 15 is 0 Å². The number of aromatic nitrogens is 4. The van der Waals surface area contributed by atoms with Crippen LogP contribution in [0.1, 0.15) is 18.5 Å². The molecular formula is C21H19FN4OS3. The van der Waals surface area contributed by atoms with Gasteiger partial charge in [-0.1, -0.05) is 11.8 Å². The molecule has 0 amide bonds. The summed E-state index contributed by atoms with van der Waals surface area (Å²) in [5.41, 5.74) is 3.05. The molecule has 1 fully saturated rings. The van der Waals surface area contributed by atoms with E-state index in [-0.39, 0.29) is 11.9 Å². The normalized spacial score (nSPS) is 16.4. The van der Waals surface area contributed by atoms with Crippen molar-refractivity contribution in [3.8, 4) is 22.0 Å². The molecule has 1 aliphatic heterocycles. The predicted octanol–water partition coefficient (Wildman–Crippen LogP) is 5.74. The molecule has 0 radical (unpaired) electrons. The van der Waals surface area contributed by atoms with Gasteiger partial charge in [0.15, 0.2) is 11.0 Å². The highest BCUT2D eigenvalue weighted by atomic mass is 32.2. The summed E-state index contributed by atoms with van der Waals surface area (Å²) in [6.07, 6.45) is 2.26. The van der Waals surface area contributed by atoms with Crippen molar-refractivity contribution >= 4 is 34.4 Å². The van der Waals surface area contributed by atoms with Crippen molar-refractivity contribution in [3.05, 3.63) is 58.0 Å². The quantitative estimate of drug-likeness (QED) is 0.331. The first-order valence-electron chi connectivity index (χ1n) is 9.67. The largest absolute Gasteiger partial charge is 0.376 e. The van der Waals surface area contributed by atoms with Crippen LogP contribution < -0.4 is 0 Å². The highest BCUT2D eigenvalue weighted by Crippen LogP contribution is 2.31. The van der Waals surface area contributed by atoms with Crippen LogP contribution in [0.2, 0.25) is 0 Å². The summed E-state index contributed by atoms with van der Waals surface area (Å²) in [5.74, 6) is 1.20. The number of benzene rings is 1. The molecule has 0 saturated carbocycles. The van der Waals surface area contributed by atoms with Crippen LogP contribution in [-0.4, -0.2) is 32.5 Å². The van der Waals surface area contributed by atoms with Crippen LogP contribution in [0.5, 0.6) is 0 Å². The minimum absolute atomic E-state index is 0.156. The Morgan fingerprint density at radius 1 is 1.13 bits per heavy atom. The molecule has 1 aromatic carbocycles. The number of ether oxygens (including phenoxy) is 1. The van der Waals surface area contributed by atoms with Crippen molar-refractivity contribution in [1.29, 1.82) is 0 Å². The molecule has 0 aliphatic carbocycles. The van der Waals surface area contributed by atoms with Gasteiger partial charge in [0.2, 0.25) is 0 Å². The maximum absolute atomic E-state index is 13.4. The van der Waals surface area contributed by atoms with Gasteiger partial charge in [-0.15, -0.1) is 21.5 Å². The maximum atomic E-state index is 13.4. The van der Waals surface area contributed by atoms with Gasteiger partial charge >= 0.3 is 0 Å². The number of halogens is 1. The monoisotopic (exact) mass is 458 g/mol. The zero-order valence-electron chi connectivity index (χ0n) is 16.0. The van der Waals surface area contributed by atoms with Crippen LogP contribution in [0.15, 0.2) is 51.6 Å². The van der Waals surface area contributed by atoms with Gasteiger partial charge in [0.05, 0.1) is 18.3 Å². The highest BCUT2D eigenvalue weighted by Gasteiger charge is 2.22.